The molecule has 0 aliphatic carbocycles. The maximum Gasteiger partial charge on any atom is 0.407 e. The van der Waals surface area contributed by atoms with Crippen LogP contribution in [0.3, 0.4) is 0 Å². The number of ether oxygens (including phenoxy) is 1. The van der Waals surface area contributed by atoms with E-state index in [0.29, 0.717) is 5.69 Å². The highest BCUT2D eigenvalue weighted by Gasteiger charge is 2.16. The fraction of sp³-hybridized carbons (Fsp3) is 0.353. The summed E-state index contributed by atoms with van der Waals surface area (Å²) in [6, 6.07) is 5.43. The molecule has 0 bridgehead atoms. The van der Waals surface area contributed by atoms with E-state index in [4.69, 9.17) is 16.3 Å². The van der Waals surface area contributed by atoms with E-state index in [2.05, 4.69) is 20.6 Å². The predicted molar refractivity (Wildman–Crippen MR) is 94.5 cm³/mol. The number of anilines is 2. The number of halogens is 2. The summed E-state index contributed by atoms with van der Waals surface area (Å²) in [6.07, 6.45) is 0.496. The topological polar surface area (TPSA) is 76.1 Å². The number of carbonyl (C=O) groups is 1. The number of amides is 1. The van der Waals surface area contributed by atoms with Gasteiger partial charge in [-0.25, -0.2) is 14.2 Å². The van der Waals surface area contributed by atoms with Gasteiger partial charge in [-0.1, -0.05) is 6.07 Å². The van der Waals surface area contributed by atoms with Gasteiger partial charge in [0.05, 0.1) is 6.20 Å². The Morgan fingerprint density at radius 3 is 2.76 bits per heavy atom. The Bertz CT molecular complexity index is 778. The van der Waals surface area contributed by atoms with Gasteiger partial charge >= 0.3 is 6.09 Å². The lowest BCUT2D eigenvalue weighted by Crippen LogP contribution is -2.32. The van der Waals surface area contributed by atoms with Crippen LogP contribution in [0, 0.1) is 12.7 Å². The molecule has 8 heteroatoms. The Morgan fingerprint density at radius 1 is 1.36 bits per heavy atom. The Morgan fingerprint density at radius 2 is 2.08 bits per heavy atom. The van der Waals surface area contributed by atoms with Gasteiger partial charge in [0.15, 0.2) is 11.6 Å². The van der Waals surface area contributed by atoms with Crippen LogP contribution in [0.1, 0.15) is 31.9 Å². The number of aromatic nitrogens is 2. The van der Waals surface area contributed by atoms with Crippen molar-refractivity contribution in [2.45, 2.75) is 39.8 Å². The fourth-order valence-electron chi connectivity index (χ4n) is 1.99. The summed E-state index contributed by atoms with van der Waals surface area (Å²) in [5.41, 5.74) is 1.88. The summed E-state index contributed by atoms with van der Waals surface area (Å²) in [5.74, 6) is -0.631. The first kappa shape index (κ1) is 18.9. The largest absolute Gasteiger partial charge is 0.444 e. The second kappa shape index (κ2) is 7.65. The molecule has 1 heterocycles. The summed E-state index contributed by atoms with van der Waals surface area (Å²) in [5, 5.41) is 5.50. The molecule has 0 fully saturated rings. The van der Waals surface area contributed by atoms with Crippen LogP contribution in [0.5, 0.6) is 0 Å². The highest BCUT2D eigenvalue weighted by Crippen LogP contribution is 2.21. The number of alkyl carbamates (subject to hydrolysis) is 1. The average molecular weight is 367 g/mol. The Kier molecular flexibility index (Phi) is 5.79. The van der Waals surface area contributed by atoms with E-state index in [9.17, 15) is 9.18 Å². The molecule has 25 heavy (non-hydrogen) atoms. The standard InChI is InChI=1S/C17H20ClFN4O2/c1-10-5-6-12(22-14-13(19)9-20-15(18)23-14)7-11(10)8-21-16(24)25-17(2,3)4/h5-7,9H,8H2,1-4H3,(H,21,24)(H,20,22,23). The lowest BCUT2D eigenvalue weighted by molar-refractivity contribution is 0.0523. The average Bonchev–Trinajstić information content (AvgIpc) is 2.49. The van der Waals surface area contributed by atoms with E-state index in [1.54, 1.807) is 32.9 Å². The molecule has 134 valence electrons. The van der Waals surface area contributed by atoms with E-state index >= 15 is 0 Å². The second-order valence-corrected chi connectivity index (χ2v) is 6.80. The molecular formula is C17H20ClFN4O2. The SMILES string of the molecule is Cc1ccc(Nc2nc(Cl)ncc2F)cc1CNC(=O)OC(C)(C)C. The lowest BCUT2D eigenvalue weighted by atomic mass is 10.1. The van der Waals surface area contributed by atoms with Gasteiger partial charge in [0.1, 0.15) is 5.60 Å². The Labute approximate surface area is 150 Å². The molecular weight excluding hydrogens is 347 g/mol. The molecule has 0 radical (unpaired) electrons. The molecule has 6 nitrogen and oxygen atoms in total. The van der Waals surface area contributed by atoms with Crippen molar-refractivity contribution in [3.8, 4) is 0 Å². The Balaban J connectivity index is 2.09. The maximum atomic E-state index is 13.7. The van der Waals surface area contributed by atoms with Crippen LogP contribution < -0.4 is 10.6 Å². The molecule has 1 aromatic carbocycles. The van der Waals surface area contributed by atoms with Gasteiger partial charge in [0, 0.05) is 12.2 Å². The molecule has 0 unspecified atom stereocenters. The molecule has 0 aliphatic rings. The first-order chi connectivity index (χ1) is 11.6. The van der Waals surface area contributed by atoms with Gasteiger partial charge in [0.2, 0.25) is 5.28 Å². The van der Waals surface area contributed by atoms with Gasteiger partial charge in [0.25, 0.3) is 0 Å². The molecule has 2 aromatic rings. The van der Waals surface area contributed by atoms with Crippen molar-refractivity contribution in [1.82, 2.24) is 15.3 Å². The first-order valence-electron chi connectivity index (χ1n) is 7.65. The van der Waals surface area contributed by atoms with E-state index in [0.717, 1.165) is 17.3 Å². The number of hydrogen-bond donors (Lipinski definition) is 2. The van der Waals surface area contributed by atoms with Gasteiger partial charge in [-0.3, -0.25) is 0 Å². The van der Waals surface area contributed by atoms with Crippen molar-refractivity contribution >= 4 is 29.2 Å². The van der Waals surface area contributed by atoms with Gasteiger partial charge in [-0.05, 0) is 62.6 Å². The number of nitrogens with one attached hydrogen (secondary N) is 2. The van der Waals surface area contributed by atoms with Crippen LogP contribution in [0.25, 0.3) is 0 Å². The zero-order chi connectivity index (χ0) is 18.6. The second-order valence-electron chi connectivity index (χ2n) is 6.46. The van der Waals surface area contributed by atoms with Crippen LogP contribution in [0.15, 0.2) is 24.4 Å². The zero-order valence-corrected chi connectivity index (χ0v) is 15.2. The van der Waals surface area contributed by atoms with Crippen LogP contribution >= 0.6 is 11.6 Å². The summed E-state index contributed by atoms with van der Waals surface area (Å²) in [4.78, 5) is 19.2. The summed E-state index contributed by atoms with van der Waals surface area (Å²) in [6.45, 7) is 7.58. The predicted octanol–water partition coefficient (Wildman–Crippen LogP) is 4.35. The summed E-state index contributed by atoms with van der Waals surface area (Å²) >= 11 is 5.69. The van der Waals surface area contributed by atoms with Gasteiger partial charge in [-0.2, -0.15) is 4.98 Å². The number of nitrogens with zero attached hydrogens (tertiary/aromatic N) is 2. The third-order valence-corrected chi connectivity index (χ3v) is 3.33. The quantitative estimate of drug-likeness (QED) is 0.787. The van der Waals surface area contributed by atoms with Crippen molar-refractivity contribution in [2.24, 2.45) is 0 Å². The highest BCUT2D eigenvalue weighted by atomic mass is 35.5. The normalized spacial score (nSPS) is 11.1. The molecule has 0 saturated heterocycles. The van der Waals surface area contributed by atoms with Crippen molar-refractivity contribution in [3.05, 3.63) is 46.6 Å². The van der Waals surface area contributed by atoms with Crippen LogP contribution in [-0.2, 0) is 11.3 Å². The third-order valence-electron chi connectivity index (χ3n) is 3.15. The minimum atomic E-state index is -0.613. The first-order valence-corrected chi connectivity index (χ1v) is 8.03. The molecule has 2 rings (SSSR count). The number of aryl methyl sites for hydroxylation is 1. The monoisotopic (exact) mass is 366 g/mol. The van der Waals surface area contributed by atoms with Crippen molar-refractivity contribution in [1.29, 1.82) is 0 Å². The van der Waals surface area contributed by atoms with Gasteiger partial charge < -0.3 is 15.4 Å². The maximum absolute atomic E-state index is 13.7. The summed E-state index contributed by atoms with van der Waals surface area (Å²) < 4.78 is 18.9. The van der Waals surface area contributed by atoms with E-state index in [1.807, 2.05) is 13.0 Å². The molecule has 0 aliphatic heterocycles. The molecule has 0 atom stereocenters. The number of rotatable bonds is 4. The minimum Gasteiger partial charge on any atom is -0.444 e. The lowest BCUT2D eigenvalue weighted by Gasteiger charge is -2.20. The van der Waals surface area contributed by atoms with Crippen LogP contribution in [-0.4, -0.2) is 21.7 Å². The number of hydrogen-bond acceptors (Lipinski definition) is 5. The van der Waals surface area contributed by atoms with Crippen molar-refractivity contribution in [3.63, 3.8) is 0 Å². The third kappa shape index (κ3) is 5.86. The highest BCUT2D eigenvalue weighted by molar-refractivity contribution is 6.28. The smallest absolute Gasteiger partial charge is 0.407 e. The van der Waals surface area contributed by atoms with Crippen molar-refractivity contribution in [2.75, 3.05) is 5.32 Å². The van der Waals surface area contributed by atoms with Gasteiger partial charge in [-0.15, -0.1) is 0 Å². The number of benzene rings is 1. The van der Waals surface area contributed by atoms with E-state index in [1.165, 1.54) is 0 Å². The molecule has 1 aromatic heterocycles. The number of carbonyl (C=O) groups excluding carboxylic acids is 1. The minimum absolute atomic E-state index is 0.0186. The molecule has 0 spiro atoms. The summed E-state index contributed by atoms with van der Waals surface area (Å²) in [7, 11) is 0. The molecule has 2 N–H and O–H groups in total. The zero-order valence-electron chi connectivity index (χ0n) is 14.5. The van der Waals surface area contributed by atoms with Crippen molar-refractivity contribution < 1.29 is 13.9 Å². The van der Waals surface area contributed by atoms with Crippen LogP contribution in [0.2, 0.25) is 5.28 Å². The molecule has 0 saturated carbocycles. The van der Waals surface area contributed by atoms with Crippen LogP contribution in [0.4, 0.5) is 20.7 Å². The van der Waals surface area contributed by atoms with E-state index < -0.39 is 17.5 Å². The Hall–Kier alpha value is -2.41. The molecule has 1 amide bonds. The fourth-order valence-corrected chi connectivity index (χ4v) is 2.12. The van der Waals surface area contributed by atoms with E-state index in [-0.39, 0.29) is 17.6 Å².